The van der Waals surface area contributed by atoms with Crippen LogP contribution in [-0.4, -0.2) is 43.7 Å². The number of rotatable bonds is 4. The molecule has 0 unspecified atom stereocenters. The molecule has 1 N–H and O–H groups in total. The minimum Gasteiger partial charge on any atom is -0.378 e. The van der Waals surface area contributed by atoms with Crippen molar-refractivity contribution < 1.29 is 9.53 Å². The van der Waals surface area contributed by atoms with Crippen LogP contribution >= 0.6 is 0 Å². The zero-order valence-corrected chi connectivity index (χ0v) is 10.8. The Morgan fingerprint density at radius 1 is 1.33 bits per heavy atom. The van der Waals surface area contributed by atoms with Crippen LogP contribution in [0.2, 0.25) is 0 Å². The number of hydrogen-bond donors (Lipinski definition) is 1. The van der Waals surface area contributed by atoms with E-state index < -0.39 is 0 Å². The highest BCUT2D eigenvalue weighted by atomic mass is 16.5. The minimum atomic E-state index is 0.154. The van der Waals surface area contributed by atoms with Crippen molar-refractivity contribution in [2.75, 3.05) is 32.8 Å². The average Bonchev–Trinajstić information content (AvgIpc) is 2.46. The Morgan fingerprint density at radius 2 is 2.00 bits per heavy atom. The van der Waals surface area contributed by atoms with Gasteiger partial charge in [-0.05, 0) is 12.5 Å². The molecule has 98 valence electrons. The van der Waals surface area contributed by atoms with Crippen molar-refractivity contribution >= 4 is 5.91 Å². The van der Waals surface area contributed by atoms with Crippen LogP contribution in [0.5, 0.6) is 0 Å². The Kier molecular flexibility index (Phi) is 4.73. The van der Waals surface area contributed by atoms with Crippen LogP contribution in [-0.2, 0) is 9.53 Å². The Balaban J connectivity index is 1.78. The van der Waals surface area contributed by atoms with Crippen LogP contribution in [0.25, 0.3) is 0 Å². The lowest BCUT2D eigenvalue weighted by Crippen LogP contribution is -2.45. The van der Waals surface area contributed by atoms with Crippen molar-refractivity contribution in [1.29, 1.82) is 0 Å². The van der Waals surface area contributed by atoms with E-state index in [-0.39, 0.29) is 11.9 Å². The molecular weight excluding hydrogens is 228 g/mol. The number of morpholine rings is 1. The number of carbonyl (C=O) groups is 1. The molecule has 0 saturated carbocycles. The first-order chi connectivity index (χ1) is 8.77. The Labute approximate surface area is 108 Å². The lowest BCUT2D eigenvalue weighted by molar-refractivity contribution is -0.134. The molecule has 0 spiro atoms. The molecule has 1 saturated heterocycles. The summed E-state index contributed by atoms with van der Waals surface area (Å²) in [5.74, 6) is 0.154. The first-order valence-corrected chi connectivity index (χ1v) is 6.41. The normalized spacial score (nSPS) is 17.5. The average molecular weight is 248 g/mol. The first-order valence-electron chi connectivity index (χ1n) is 6.41. The molecule has 1 aromatic rings. The van der Waals surface area contributed by atoms with Gasteiger partial charge in [0.2, 0.25) is 5.91 Å². The summed E-state index contributed by atoms with van der Waals surface area (Å²) >= 11 is 0. The molecule has 18 heavy (non-hydrogen) atoms. The lowest BCUT2D eigenvalue weighted by atomic mass is 10.1. The molecule has 1 heterocycles. The molecule has 1 atom stereocenters. The maximum atomic E-state index is 11.9. The van der Waals surface area contributed by atoms with Crippen molar-refractivity contribution in [3.05, 3.63) is 35.9 Å². The van der Waals surface area contributed by atoms with Gasteiger partial charge in [-0.2, -0.15) is 0 Å². The van der Waals surface area contributed by atoms with Crippen LogP contribution in [0.4, 0.5) is 0 Å². The molecular formula is C14H20N2O2. The molecule has 0 aliphatic carbocycles. The van der Waals surface area contributed by atoms with E-state index in [2.05, 4.69) is 24.4 Å². The number of carbonyl (C=O) groups excluding carboxylic acids is 1. The molecule has 1 fully saturated rings. The van der Waals surface area contributed by atoms with Crippen LogP contribution < -0.4 is 5.32 Å². The highest BCUT2D eigenvalue weighted by Crippen LogP contribution is 2.10. The van der Waals surface area contributed by atoms with Gasteiger partial charge in [-0.15, -0.1) is 0 Å². The number of nitrogens with zero attached hydrogens (tertiary/aromatic N) is 1. The quantitative estimate of drug-likeness (QED) is 0.870. The lowest BCUT2D eigenvalue weighted by Gasteiger charge is -2.27. The van der Waals surface area contributed by atoms with Gasteiger partial charge in [0, 0.05) is 19.1 Å². The molecule has 4 nitrogen and oxygen atoms in total. The highest BCUT2D eigenvalue weighted by molar-refractivity contribution is 5.78. The Morgan fingerprint density at radius 3 is 2.67 bits per heavy atom. The van der Waals surface area contributed by atoms with E-state index >= 15 is 0 Å². The molecule has 2 rings (SSSR count). The fraction of sp³-hybridized carbons (Fsp3) is 0.500. The Hall–Kier alpha value is -1.39. The van der Waals surface area contributed by atoms with Gasteiger partial charge in [0.1, 0.15) is 0 Å². The van der Waals surface area contributed by atoms with Crippen molar-refractivity contribution in [2.45, 2.75) is 13.0 Å². The largest absolute Gasteiger partial charge is 0.378 e. The Bertz CT molecular complexity index is 375. The number of benzene rings is 1. The predicted molar refractivity (Wildman–Crippen MR) is 70.3 cm³/mol. The van der Waals surface area contributed by atoms with Gasteiger partial charge < -0.3 is 15.0 Å². The van der Waals surface area contributed by atoms with Crippen LogP contribution in [0.1, 0.15) is 18.5 Å². The molecule has 0 bridgehead atoms. The molecule has 1 aromatic carbocycles. The maximum Gasteiger partial charge on any atom is 0.236 e. The molecule has 0 aromatic heterocycles. The third-order valence-corrected chi connectivity index (χ3v) is 3.22. The summed E-state index contributed by atoms with van der Waals surface area (Å²) in [5.41, 5.74) is 1.20. The van der Waals surface area contributed by atoms with Crippen molar-refractivity contribution in [2.24, 2.45) is 0 Å². The highest BCUT2D eigenvalue weighted by Gasteiger charge is 2.17. The molecule has 1 amide bonds. The smallest absolute Gasteiger partial charge is 0.236 e. The number of hydrogen-bond acceptors (Lipinski definition) is 3. The number of ether oxygens (including phenoxy) is 1. The number of nitrogens with one attached hydrogen (secondary N) is 1. The monoisotopic (exact) mass is 248 g/mol. The van der Waals surface area contributed by atoms with E-state index in [0.717, 1.165) is 0 Å². The molecule has 4 heteroatoms. The summed E-state index contributed by atoms with van der Waals surface area (Å²) in [7, 11) is 0. The fourth-order valence-electron chi connectivity index (χ4n) is 2.02. The topological polar surface area (TPSA) is 41.6 Å². The van der Waals surface area contributed by atoms with Crippen LogP contribution in [0.3, 0.4) is 0 Å². The second kappa shape index (κ2) is 6.52. The standard InChI is InChI=1S/C14H20N2O2/c1-12(13-5-3-2-4-6-13)15-11-14(17)16-7-9-18-10-8-16/h2-6,12,15H,7-11H2,1H3/t12-/m0/s1. The zero-order valence-electron chi connectivity index (χ0n) is 10.8. The van der Waals surface area contributed by atoms with E-state index in [1.807, 2.05) is 23.1 Å². The van der Waals surface area contributed by atoms with Gasteiger partial charge in [0.05, 0.1) is 19.8 Å². The second-order valence-corrected chi connectivity index (χ2v) is 4.51. The maximum absolute atomic E-state index is 11.9. The van der Waals surface area contributed by atoms with Gasteiger partial charge >= 0.3 is 0 Å². The van der Waals surface area contributed by atoms with Crippen LogP contribution in [0.15, 0.2) is 30.3 Å². The zero-order chi connectivity index (χ0) is 12.8. The summed E-state index contributed by atoms with van der Waals surface area (Å²) in [4.78, 5) is 13.8. The van der Waals surface area contributed by atoms with E-state index in [9.17, 15) is 4.79 Å². The molecule has 1 aliphatic rings. The molecule has 1 aliphatic heterocycles. The summed E-state index contributed by atoms with van der Waals surface area (Å²) in [6.07, 6.45) is 0. The summed E-state index contributed by atoms with van der Waals surface area (Å²) in [6.45, 7) is 5.18. The van der Waals surface area contributed by atoms with Gasteiger partial charge in [0.15, 0.2) is 0 Å². The minimum absolute atomic E-state index is 0.154. The van der Waals surface area contributed by atoms with Crippen molar-refractivity contribution in [1.82, 2.24) is 10.2 Å². The third kappa shape index (κ3) is 3.55. The fourth-order valence-corrected chi connectivity index (χ4v) is 2.02. The van der Waals surface area contributed by atoms with E-state index in [1.165, 1.54) is 5.56 Å². The van der Waals surface area contributed by atoms with Gasteiger partial charge in [-0.1, -0.05) is 30.3 Å². The predicted octanol–water partition coefficient (Wildman–Crippen LogP) is 1.20. The summed E-state index contributed by atoms with van der Waals surface area (Å²) in [5, 5.41) is 3.26. The first kappa shape index (κ1) is 13.1. The SMILES string of the molecule is C[C@H](NCC(=O)N1CCOCC1)c1ccccc1. The summed E-state index contributed by atoms with van der Waals surface area (Å²) < 4.78 is 5.23. The van der Waals surface area contributed by atoms with Gasteiger partial charge in [-0.25, -0.2) is 0 Å². The van der Waals surface area contributed by atoms with Gasteiger partial charge in [0.25, 0.3) is 0 Å². The second-order valence-electron chi connectivity index (χ2n) is 4.51. The number of amides is 1. The van der Waals surface area contributed by atoms with Crippen molar-refractivity contribution in [3.8, 4) is 0 Å². The van der Waals surface area contributed by atoms with Gasteiger partial charge in [-0.3, -0.25) is 4.79 Å². The van der Waals surface area contributed by atoms with E-state index in [0.29, 0.717) is 32.8 Å². The van der Waals surface area contributed by atoms with E-state index in [1.54, 1.807) is 0 Å². The van der Waals surface area contributed by atoms with Crippen LogP contribution in [0, 0.1) is 0 Å². The van der Waals surface area contributed by atoms with E-state index in [4.69, 9.17) is 4.74 Å². The summed E-state index contributed by atoms with van der Waals surface area (Å²) in [6, 6.07) is 10.3. The molecule has 0 radical (unpaired) electrons. The third-order valence-electron chi connectivity index (χ3n) is 3.22. The van der Waals surface area contributed by atoms with Crippen molar-refractivity contribution in [3.63, 3.8) is 0 Å².